The van der Waals surface area contributed by atoms with Crippen LogP contribution in [0.2, 0.25) is 0 Å². The Morgan fingerprint density at radius 2 is 1.90 bits per heavy atom. The highest BCUT2D eigenvalue weighted by molar-refractivity contribution is 5.38. The summed E-state index contributed by atoms with van der Waals surface area (Å²) in [5.74, 6) is 0. The highest BCUT2D eigenvalue weighted by Gasteiger charge is 1.96. The van der Waals surface area contributed by atoms with Crippen molar-refractivity contribution in [2.45, 2.75) is 13.8 Å². The lowest BCUT2D eigenvalue weighted by atomic mass is 10.2. The number of hydrogen-bond acceptors (Lipinski definition) is 3. The molecule has 0 aromatic rings. The number of rotatable bonds is 2. The molecule has 10 heavy (non-hydrogen) atoms. The van der Waals surface area contributed by atoms with Crippen LogP contribution in [0.15, 0.2) is 11.3 Å². The van der Waals surface area contributed by atoms with Crippen molar-refractivity contribution < 1.29 is 0 Å². The first-order valence-electron chi connectivity index (χ1n) is 3.01. The fourth-order valence-electron chi connectivity index (χ4n) is 0.546. The van der Waals surface area contributed by atoms with E-state index in [4.69, 9.17) is 10.5 Å². The van der Waals surface area contributed by atoms with E-state index in [2.05, 4.69) is 5.32 Å². The maximum atomic E-state index is 8.35. The van der Waals surface area contributed by atoms with Gasteiger partial charge in [-0.25, -0.2) is 0 Å². The third kappa shape index (κ3) is 2.19. The van der Waals surface area contributed by atoms with E-state index < -0.39 is 0 Å². The molecule has 0 rings (SSSR count). The molecule has 0 aliphatic rings. The van der Waals surface area contributed by atoms with Crippen LogP contribution in [0.4, 0.5) is 0 Å². The summed E-state index contributed by atoms with van der Waals surface area (Å²) < 4.78 is 0. The molecule has 0 fully saturated rings. The third-order valence-corrected chi connectivity index (χ3v) is 1.04. The maximum Gasteiger partial charge on any atom is 0.148 e. The quantitative estimate of drug-likeness (QED) is 0.572. The lowest BCUT2D eigenvalue weighted by molar-refractivity contribution is 0.849. The van der Waals surface area contributed by atoms with Crippen molar-refractivity contribution in [2.75, 3.05) is 6.54 Å². The topological polar surface area (TPSA) is 59.6 Å². The van der Waals surface area contributed by atoms with Crippen LogP contribution in [0.1, 0.15) is 13.8 Å². The van der Waals surface area contributed by atoms with E-state index in [1.165, 1.54) is 0 Å². The molecule has 0 bridgehead atoms. The largest absolute Gasteiger partial charge is 0.387 e. The van der Waals surface area contributed by atoms with Crippen molar-refractivity contribution in [2.24, 2.45) is 0 Å². The summed E-state index contributed by atoms with van der Waals surface area (Å²) in [6.45, 7) is 4.36. The second kappa shape index (κ2) is 4.40. The van der Waals surface area contributed by atoms with E-state index >= 15 is 0 Å². The first-order valence-corrected chi connectivity index (χ1v) is 3.01. The third-order valence-electron chi connectivity index (χ3n) is 1.04. The van der Waals surface area contributed by atoms with Gasteiger partial charge in [-0.2, -0.15) is 10.5 Å². The SMILES string of the molecule is CCNC(C)=C(C#N)C#N. The fraction of sp³-hybridized carbons (Fsp3) is 0.429. The zero-order valence-electron chi connectivity index (χ0n) is 6.10. The summed E-state index contributed by atoms with van der Waals surface area (Å²) in [7, 11) is 0. The van der Waals surface area contributed by atoms with Crippen molar-refractivity contribution in [3.05, 3.63) is 11.3 Å². The summed E-state index contributed by atoms with van der Waals surface area (Å²) in [6.07, 6.45) is 0. The zero-order valence-corrected chi connectivity index (χ0v) is 6.10. The number of nitrogens with zero attached hydrogens (tertiary/aromatic N) is 2. The van der Waals surface area contributed by atoms with E-state index in [1.54, 1.807) is 19.1 Å². The Kier molecular flexibility index (Phi) is 3.75. The van der Waals surface area contributed by atoms with Gasteiger partial charge in [0.05, 0.1) is 0 Å². The monoisotopic (exact) mass is 135 g/mol. The lowest BCUT2D eigenvalue weighted by Crippen LogP contribution is -2.10. The molecule has 52 valence electrons. The van der Waals surface area contributed by atoms with Gasteiger partial charge in [-0.05, 0) is 13.8 Å². The Labute approximate surface area is 60.6 Å². The smallest absolute Gasteiger partial charge is 0.148 e. The predicted octanol–water partition coefficient (Wildman–Crippen LogP) is 0.917. The van der Waals surface area contributed by atoms with Crippen LogP contribution < -0.4 is 5.32 Å². The van der Waals surface area contributed by atoms with Gasteiger partial charge in [0, 0.05) is 12.2 Å². The molecule has 0 atom stereocenters. The van der Waals surface area contributed by atoms with Crippen LogP contribution in [0.5, 0.6) is 0 Å². The Bertz CT molecular complexity index is 198. The Morgan fingerprint density at radius 3 is 2.20 bits per heavy atom. The van der Waals surface area contributed by atoms with E-state index in [0.29, 0.717) is 5.70 Å². The molecule has 3 heteroatoms. The number of nitriles is 2. The van der Waals surface area contributed by atoms with E-state index in [9.17, 15) is 0 Å². The van der Waals surface area contributed by atoms with Crippen molar-refractivity contribution in [3.63, 3.8) is 0 Å². The Hall–Kier alpha value is -1.48. The molecule has 3 nitrogen and oxygen atoms in total. The summed E-state index contributed by atoms with van der Waals surface area (Å²) in [5, 5.41) is 19.6. The van der Waals surface area contributed by atoms with Gasteiger partial charge >= 0.3 is 0 Å². The summed E-state index contributed by atoms with van der Waals surface area (Å²) in [5.41, 5.74) is 0.800. The van der Waals surface area contributed by atoms with Crippen LogP contribution in [0, 0.1) is 22.7 Å². The highest BCUT2D eigenvalue weighted by Crippen LogP contribution is 1.95. The number of nitrogens with one attached hydrogen (secondary N) is 1. The molecule has 0 unspecified atom stereocenters. The molecule has 0 spiro atoms. The van der Waals surface area contributed by atoms with Gasteiger partial charge in [0.15, 0.2) is 0 Å². The van der Waals surface area contributed by atoms with Crippen LogP contribution in [0.3, 0.4) is 0 Å². The van der Waals surface area contributed by atoms with Crippen LogP contribution in [-0.4, -0.2) is 6.54 Å². The Balaban J connectivity index is 4.36. The minimum Gasteiger partial charge on any atom is -0.387 e. The molecular weight excluding hydrogens is 126 g/mol. The first kappa shape index (κ1) is 8.52. The second-order valence-electron chi connectivity index (χ2n) is 1.75. The molecule has 0 radical (unpaired) electrons. The molecule has 0 saturated carbocycles. The van der Waals surface area contributed by atoms with Crippen molar-refractivity contribution in [1.29, 1.82) is 10.5 Å². The molecular formula is C7H9N3. The molecule has 0 aromatic heterocycles. The highest BCUT2D eigenvalue weighted by atomic mass is 14.9. The van der Waals surface area contributed by atoms with Crippen molar-refractivity contribution in [3.8, 4) is 12.1 Å². The fourth-order valence-corrected chi connectivity index (χ4v) is 0.546. The average Bonchev–Trinajstić information content (AvgIpc) is 1.91. The predicted molar refractivity (Wildman–Crippen MR) is 37.6 cm³/mol. The minimum absolute atomic E-state index is 0.154. The molecule has 0 amide bonds. The summed E-state index contributed by atoms with van der Waals surface area (Å²) in [4.78, 5) is 0. The van der Waals surface area contributed by atoms with Gasteiger partial charge in [0.1, 0.15) is 17.7 Å². The average molecular weight is 135 g/mol. The molecule has 1 N–H and O–H groups in total. The van der Waals surface area contributed by atoms with Gasteiger partial charge in [0.25, 0.3) is 0 Å². The van der Waals surface area contributed by atoms with Gasteiger partial charge < -0.3 is 5.32 Å². The molecule has 0 heterocycles. The van der Waals surface area contributed by atoms with E-state index in [-0.39, 0.29) is 5.57 Å². The van der Waals surface area contributed by atoms with Crippen LogP contribution >= 0.6 is 0 Å². The lowest BCUT2D eigenvalue weighted by Gasteiger charge is -1.99. The van der Waals surface area contributed by atoms with E-state index in [1.807, 2.05) is 6.92 Å². The maximum absolute atomic E-state index is 8.35. The second-order valence-corrected chi connectivity index (χ2v) is 1.75. The van der Waals surface area contributed by atoms with Crippen LogP contribution in [0.25, 0.3) is 0 Å². The first-order chi connectivity index (χ1) is 4.76. The molecule has 0 saturated heterocycles. The number of allylic oxidation sites excluding steroid dienone is 2. The van der Waals surface area contributed by atoms with Gasteiger partial charge in [0.2, 0.25) is 0 Å². The van der Waals surface area contributed by atoms with E-state index in [0.717, 1.165) is 6.54 Å². The van der Waals surface area contributed by atoms with Crippen LogP contribution in [-0.2, 0) is 0 Å². The molecule has 0 aromatic carbocycles. The summed E-state index contributed by atoms with van der Waals surface area (Å²) >= 11 is 0. The van der Waals surface area contributed by atoms with Crippen molar-refractivity contribution in [1.82, 2.24) is 5.32 Å². The standard InChI is InChI=1S/C7H9N3/c1-3-10-6(2)7(4-8)5-9/h10H,3H2,1-2H3. The molecule has 0 aliphatic heterocycles. The minimum atomic E-state index is 0.154. The zero-order chi connectivity index (χ0) is 7.98. The van der Waals surface area contributed by atoms with Gasteiger partial charge in [-0.3, -0.25) is 0 Å². The van der Waals surface area contributed by atoms with Gasteiger partial charge in [-0.1, -0.05) is 0 Å². The van der Waals surface area contributed by atoms with Gasteiger partial charge in [-0.15, -0.1) is 0 Å². The van der Waals surface area contributed by atoms with Crippen molar-refractivity contribution >= 4 is 0 Å². The normalized spacial score (nSPS) is 7.20. The molecule has 0 aliphatic carbocycles. The Morgan fingerprint density at radius 1 is 1.40 bits per heavy atom. The summed E-state index contributed by atoms with van der Waals surface area (Å²) in [6, 6.07) is 3.58. The number of hydrogen-bond donors (Lipinski definition) is 1.